The third kappa shape index (κ3) is 4.39. The predicted octanol–water partition coefficient (Wildman–Crippen LogP) is 2.40. The topological polar surface area (TPSA) is 62.2 Å². The molecule has 0 unspecified atom stereocenters. The van der Waals surface area contributed by atoms with Crippen molar-refractivity contribution < 1.29 is 18.7 Å². The Hall–Kier alpha value is -2.34. The van der Waals surface area contributed by atoms with Crippen LogP contribution in [0, 0.1) is 17.6 Å². The van der Waals surface area contributed by atoms with Crippen LogP contribution in [0.2, 0.25) is 0 Å². The number of aliphatic hydroxyl groups is 1. The van der Waals surface area contributed by atoms with Gasteiger partial charge < -0.3 is 10.4 Å². The van der Waals surface area contributed by atoms with Crippen LogP contribution in [0.3, 0.4) is 0 Å². The number of carbonyl (C=O) groups is 1. The van der Waals surface area contributed by atoms with Gasteiger partial charge in [0.1, 0.15) is 0 Å². The number of carbonyl (C=O) groups excluding carboxylic acids is 1. The molecule has 2 N–H and O–H groups in total. The highest BCUT2D eigenvalue weighted by molar-refractivity contribution is 5.79. The highest BCUT2D eigenvalue weighted by atomic mass is 19.2. The van der Waals surface area contributed by atoms with Crippen LogP contribution < -0.4 is 5.32 Å². The van der Waals surface area contributed by atoms with Gasteiger partial charge in [-0.25, -0.2) is 8.78 Å². The van der Waals surface area contributed by atoms with Gasteiger partial charge in [0, 0.05) is 29.9 Å². The summed E-state index contributed by atoms with van der Waals surface area (Å²) in [5, 5.41) is 12.5. The predicted molar refractivity (Wildman–Crippen MR) is 88.7 cm³/mol. The highest BCUT2D eigenvalue weighted by Gasteiger charge is 2.35. The van der Waals surface area contributed by atoms with Crippen molar-refractivity contribution in [3.8, 4) is 0 Å². The van der Waals surface area contributed by atoms with Crippen molar-refractivity contribution in [3.05, 3.63) is 65.5 Å². The van der Waals surface area contributed by atoms with E-state index in [2.05, 4.69) is 10.3 Å². The van der Waals surface area contributed by atoms with E-state index in [0.717, 1.165) is 11.8 Å². The number of halogens is 2. The van der Waals surface area contributed by atoms with Gasteiger partial charge in [0.15, 0.2) is 11.6 Å². The van der Waals surface area contributed by atoms with Crippen LogP contribution in [0.4, 0.5) is 8.78 Å². The van der Waals surface area contributed by atoms with E-state index in [4.69, 9.17) is 0 Å². The fourth-order valence-corrected chi connectivity index (χ4v) is 3.15. The normalized spacial score (nSPS) is 20.6. The van der Waals surface area contributed by atoms with Crippen molar-refractivity contribution in [2.45, 2.75) is 37.8 Å². The minimum atomic E-state index is -0.988. The lowest BCUT2D eigenvalue weighted by atomic mass is 9.76. The van der Waals surface area contributed by atoms with E-state index in [0.29, 0.717) is 19.3 Å². The zero-order chi connectivity index (χ0) is 17.8. The first-order valence-corrected chi connectivity index (χ1v) is 8.33. The van der Waals surface area contributed by atoms with E-state index in [-0.39, 0.29) is 36.0 Å². The van der Waals surface area contributed by atoms with E-state index in [1.165, 1.54) is 12.1 Å². The molecule has 1 aliphatic carbocycles. The third-order valence-corrected chi connectivity index (χ3v) is 4.60. The molecular formula is C19H20F2N2O2. The molecule has 0 saturated heterocycles. The van der Waals surface area contributed by atoms with Gasteiger partial charge >= 0.3 is 0 Å². The molecule has 1 fully saturated rings. The number of amides is 1. The Balaban J connectivity index is 1.66. The highest BCUT2D eigenvalue weighted by Crippen LogP contribution is 2.31. The quantitative estimate of drug-likeness (QED) is 0.844. The Morgan fingerprint density at radius 3 is 2.72 bits per heavy atom. The van der Waals surface area contributed by atoms with E-state index in [9.17, 15) is 18.7 Å². The van der Waals surface area contributed by atoms with Crippen molar-refractivity contribution in [2.24, 2.45) is 5.92 Å². The number of aromatic nitrogens is 1. The molecule has 132 valence electrons. The summed E-state index contributed by atoms with van der Waals surface area (Å²) >= 11 is 0. The van der Waals surface area contributed by atoms with Crippen LogP contribution in [-0.2, 0) is 17.6 Å². The van der Waals surface area contributed by atoms with Crippen molar-refractivity contribution in [3.63, 3.8) is 0 Å². The molecular weight excluding hydrogens is 326 g/mol. The fraction of sp³-hybridized carbons (Fsp3) is 0.368. The Bertz CT molecular complexity index is 733. The van der Waals surface area contributed by atoms with Gasteiger partial charge in [-0.3, -0.25) is 9.78 Å². The zero-order valence-electron chi connectivity index (χ0n) is 13.7. The molecule has 2 aromatic rings. The molecule has 1 aromatic heterocycles. The zero-order valence-corrected chi connectivity index (χ0v) is 13.7. The van der Waals surface area contributed by atoms with Crippen molar-refractivity contribution in [1.82, 2.24) is 10.3 Å². The SMILES string of the molecule is O=C(Cc1cccc(F)c1F)N[C@@H](Cc1ccccn1)C1CC(O)C1. The first-order chi connectivity index (χ1) is 12.0. The summed E-state index contributed by atoms with van der Waals surface area (Å²) in [5.41, 5.74) is 0.869. The van der Waals surface area contributed by atoms with Crippen LogP contribution in [0.25, 0.3) is 0 Å². The second-order valence-electron chi connectivity index (χ2n) is 6.47. The summed E-state index contributed by atoms with van der Waals surface area (Å²) in [6, 6.07) is 9.18. The molecule has 3 rings (SSSR count). The summed E-state index contributed by atoms with van der Waals surface area (Å²) in [6.07, 6.45) is 2.89. The van der Waals surface area contributed by atoms with Crippen molar-refractivity contribution >= 4 is 5.91 Å². The maximum absolute atomic E-state index is 13.7. The molecule has 0 radical (unpaired) electrons. The van der Waals surface area contributed by atoms with Crippen LogP contribution in [-0.4, -0.2) is 28.1 Å². The van der Waals surface area contributed by atoms with Gasteiger partial charge in [-0.1, -0.05) is 18.2 Å². The van der Waals surface area contributed by atoms with Crippen molar-refractivity contribution in [2.75, 3.05) is 0 Å². The molecule has 1 aliphatic rings. The number of hydrogen-bond donors (Lipinski definition) is 2. The molecule has 1 atom stereocenters. The van der Waals surface area contributed by atoms with Crippen LogP contribution in [0.1, 0.15) is 24.1 Å². The van der Waals surface area contributed by atoms with E-state index >= 15 is 0 Å². The van der Waals surface area contributed by atoms with Gasteiger partial charge in [-0.15, -0.1) is 0 Å². The maximum Gasteiger partial charge on any atom is 0.224 e. The van der Waals surface area contributed by atoms with Gasteiger partial charge in [0.2, 0.25) is 5.91 Å². The lowest BCUT2D eigenvalue weighted by Gasteiger charge is -2.38. The molecule has 0 bridgehead atoms. The Morgan fingerprint density at radius 2 is 2.04 bits per heavy atom. The Morgan fingerprint density at radius 1 is 1.24 bits per heavy atom. The molecule has 1 aromatic carbocycles. The van der Waals surface area contributed by atoms with Crippen LogP contribution >= 0.6 is 0 Å². The molecule has 6 heteroatoms. The minimum absolute atomic E-state index is 0.0303. The standard InChI is InChI=1S/C19H20F2N2O2/c20-16-6-3-4-12(19(16)21)10-18(25)23-17(13-8-15(24)9-13)11-14-5-1-2-7-22-14/h1-7,13,15,17,24H,8-11H2,(H,23,25)/t13?,15?,17-/m0/s1. The largest absolute Gasteiger partial charge is 0.393 e. The summed E-state index contributed by atoms with van der Waals surface area (Å²) in [4.78, 5) is 16.6. The average Bonchev–Trinajstić information content (AvgIpc) is 2.56. The van der Waals surface area contributed by atoms with Gasteiger partial charge in [-0.05, 0) is 37.0 Å². The van der Waals surface area contributed by atoms with E-state index in [1.807, 2.05) is 18.2 Å². The van der Waals surface area contributed by atoms with Gasteiger partial charge in [-0.2, -0.15) is 0 Å². The van der Waals surface area contributed by atoms with Gasteiger partial charge in [0.25, 0.3) is 0 Å². The maximum atomic E-state index is 13.7. The number of aliphatic hydroxyl groups excluding tert-OH is 1. The Labute approximate surface area is 144 Å². The van der Waals surface area contributed by atoms with Crippen molar-refractivity contribution in [1.29, 1.82) is 0 Å². The minimum Gasteiger partial charge on any atom is -0.393 e. The van der Waals surface area contributed by atoms with E-state index < -0.39 is 11.6 Å². The molecule has 25 heavy (non-hydrogen) atoms. The fourth-order valence-electron chi connectivity index (χ4n) is 3.15. The summed E-state index contributed by atoms with van der Waals surface area (Å²) in [6.45, 7) is 0. The number of nitrogens with one attached hydrogen (secondary N) is 1. The number of benzene rings is 1. The number of nitrogens with zero attached hydrogens (tertiary/aromatic N) is 1. The second kappa shape index (κ2) is 7.70. The lowest BCUT2D eigenvalue weighted by Crippen LogP contribution is -2.48. The van der Waals surface area contributed by atoms with Gasteiger partial charge in [0.05, 0.1) is 12.5 Å². The molecule has 1 heterocycles. The first kappa shape index (κ1) is 17.5. The summed E-state index contributed by atoms with van der Waals surface area (Å²) in [7, 11) is 0. The summed E-state index contributed by atoms with van der Waals surface area (Å²) < 4.78 is 27.0. The third-order valence-electron chi connectivity index (χ3n) is 4.60. The second-order valence-corrected chi connectivity index (χ2v) is 6.47. The molecule has 1 amide bonds. The number of hydrogen-bond acceptors (Lipinski definition) is 3. The molecule has 1 saturated carbocycles. The molecule has 0 spiro atoms. The lowest BCUT2D eigenvalue weighted by molar-refractivity contribution is -0.122. The van der Waals surface area contributed by atoms with E-state index in [1.54, 1.807) is 6.20 Å². The smallest absolute Gasteiger partial charge is 0.224 e. The molecule has 0 aliphatic heterocycles. The molecule has 4 nitrogen and oxygen atoms in total. The first-order valence-electron chi connectivity index (χ1n) is 8.33. The van der Waals surface area contributed by atoms with Crippen LogP contribution in [0.15, 0.2) is 42.6 Å². The summed E-state index contributed by atoms with van der Waals surface area (Å²) in [5.74, 6) is -2.17. The number of rotatable bonds is 6. The Kier molecular flexibility index (Phi) is 5.38. The average molecular weight is 346 g/mol. The van der Waals surface area contributed by atoms with Crippen LogP contribution in [0.5, 0.6) is 0 Å². The number of pyridine rings is 1. The monoisotopic (exact) mass is 346 g/mol.